The summed E-state index contributed by atoms with van der Waals surface area (Å²) in [7, 11) is 0. The summed E-state index contributed by atoms with van der Waals surface area (Å²) in [6.07, 6.45) is 1.76. The third-order valence-corrected chi connectivity index (χ3v) is 4.38. The van der Waals surface area contributed by atoms with Crippen molar-refractivity contribution < 1.29 is 9.18 Å². The number of benzene rings is 1. The monoisotopic (exact) mass is 287 g/mol. The van der Waals surface area contributed by atoms with Crippen LogP contribution in [0, 0.1) is 19.7 Å². The highest BCUT2D eigenvalue weighted by atomic mass is 32.1. The summed E-state index contributed by atoms with van der Waals surface area (Å²) in [5.74, 6) is -0.190. The lowest BCUT2D eigenvalue weighted by Gasteiger charge is -2.04. The van der Waals surface area contributed by atoms with E-state index in [1.54, 1.807) is 34.2 Å². The normalized spacial score (nSPS) is 11.2. The van der Waals surface area contributed by atoms with Crippen molar-refractivity contribution in [2.45, 2.75) is 20.4 Å². The van der Waals surface area contributed by atoms with E-state index < -0.39 is 0 Å². The fourth-order valence-electron chi connectivity index (χ4n) is 2.47. The lowest BCUT2D eigenvalue weighted by atomic mass is 10.1. The minimum atomic E-state index is -0.253. The molecule has 0 atom stereocenters. The summed E-state index contributed by atoms with van der Waals surface area (Å²) in [4.78, 5) is 14.5. The molecule has 0 aliphatic rings. The van der Waals surface area contributed by atoms with Gasteiger partial charge >= 0.3 is 0 Å². The van der Waals surface area contributed by atoms with Crippen LogP contribution < -0.4 is 0 Å². The first-order chi connectivity index (χ1) is 9.56. The number of rotatable bonds is 3. The maximum absolute atomic E-state index is 13.6. The summed E-state index contributed by atoms with van der Waals surface area (Å²) < 4.78 is 15.4. The third-order valence-electron chi connectivity index (χ3n) is 3.42. The molecule has 0 unspecified atom stereocenters. The van der Waals surface area contributed by atoms with Crippen LogP contribution in [0.3, 0.4) is 0 Å². The van der Waals surface area contributed by atoms with Crippen LogP contribution in [0.1, 0.15) is 20.1 Å². The Balaban J connectivity index is 1.96. The van der Waals surface area contributed by atoms with Gasteiger partial charge in [-0.2, -0.15) is 0 Å². The van der Waals surface area contributed by atoms with Gasteiger partial charge in [-0.1, -0.05) is 6.07 Å². The van der Waals surface area contributed by atoms with E-state index in [9.17, 15) is 9.18 Å². The SMILES string of the molecule is Cc1cc(C(=O)Cn2ccc3c(F)cccc32)c(C)s1. The van der Waals surface area contributed by atoms with Gasteiger partial charge in [-0.05, 0) is 38.1 Å². The number of thiophene rings is 1. The largest absolute Gasteiger partial charge is 0.340 e. The number of Topliss-reactive ketones (excluding diaryl/α,β-unsaturated/α-hetero) is 1. The number of carbonyl (C=O) groups is 1. The van der Waals surface area contributed by atoms with Crippen LogP contribution >= 0.6 is 11.3 Å². The van der Waals surface area contributed by atoms with Crippen molar-refractivity contribution in [3.8, 4) is 0 Å². The molecule has 0 aliphatic heterocycles. The van der Waals surface area contributed by atoms with Gasteiger partial charge in [-0.3, -0.25) is 4.79 Å². The molecule has 2 nitrogen and oxygen atoms in total. The molecule has 0 saturated heterocycles. The summed E-state index contributed by atoms with van der Waals surface area (Å²) in [5.41, 5.74) is 1.52. The van der Waals surface area contributed by atoms with Crippen molar-refractivity contribution in [1.29, 1.82) is 0 Å². The van der Waals surface area contributed by atoms with Gasteiger partial charge in [0.05, 0.1) is 12.1 Å². The van der Waals surface area contributed by atoms with Crippen LogP contribution in [0.5, 0.6) is 0 Å². The minimum Gasteiger partial charge on any atom is -0.340 e. The number of carbonyl (C=O) groups excluding carboxylic acids is 1. The highest BCUT2D eigenvalue weighted by Crippen LogP contribution is 2.23. The van der Waals surface area contributed by atoms with E-state index >= 15 is 0 Å². The zero-order valence-corrected chi connectivity index (χ0v) is 12.1. The minimum absolute atomic E-state index is 0.0635. The second kappa shape index (κ2) is 4.87. The van der Waals surface area contributed by atoms with Crippen LogP contribution in [0.25, 0.3) is 10.9 Å². The summed E-state index contributed by atoms with van der Waals surface area (Å²) in [5, 5.41) is 0.554. The van der Waals surface area contributed by atoms with Crippen molar-refractivity contribution >= 4 is 28.0 Å². The number of aryl methyl sites for hydroxylation is 2. The molecule has 20 heavy (non-hydrogen) atoms. The molecule has 0 aliphatic carbocycles. The number of aromatic nitrogens is 1. The fraction of sp³-hybridized carbons (Fsp3) is 0.188. The molecule has 0 N–H and O–H groups in total. The molecule has 3 rings (SSSR count). The second-order valence-electron chi connectivity index (χ2n) is 4.87. The molecule has 0 saturated carbocycles. The first-order valence-corrected chi connectivity index (χ1v) is 7.21. The van der Waals surface area contributed by atoms with Gasteiger partial charge < -0.3 is 4.57 Å². The summed E-state index contributed by atoms with van der Waals surface area (Å²) in [6, 6.07) is 8.56. The number of fused-ring (bicyclic) bond motifs is 1. The van der Waals surface area contributed by atoms with Crippen molar-refractivity contribution in [2.24, 2.45) is 0 Å². The molecule has 3 aromatic rings. The second-order valence-corrected chi connectivity index (χ2v) is 6.33. The first kappa shape index (κ1) is 13.1. The number of hydrogen-bond acceptors (Lipinski definition) is 2. The molecule has 102 valence electrons. The Hall–Kier alpha value is -1.94. The van der Waals surface area contributed by atoms with E-state index in [0.29, 0.717) is 5.39 Å². The number of halogens is 1. The van der Waals surface area contributed by atoms with E-state index in [2.05, 4.69) is 0 Å². The highest BCUT2D eigenvalue weighted by Gasteiger charge is 2.14. The Bertz CT molecular complexity index is 800. The predicted molar refractivity (Wildman–Crippen MR) is 80.0 cm³/mol. The number of nitrogens with zero attached hydrogens (tertiary/aromatic N) is 1. The van der Waals surface area contributed by atoms with Crippen molar-refractivity contribution in [3.05, 3.63) is 57.7 Å². The molecular formula is C16H14FNOS. The molecular weight excluding hydrogens is 273 g/mol. The summed E-state index contributed by atoms with van der Waals surface area (Å²) in [6.45, 7) is 4.19. The molecule has 0 bridgehead atoms. The van der Waals surface area contributed by atoms with Gasteiger partial charge in [0.15, 0.2) is 5.78 Å². The summed E-state index contributed by atoms with van der Waals surface area (Å²) >= 11 is 1.63. The number of hydrogen-bond donors (Lipinski definition) is 0. The predicted octanol–water partition coefficient (Wildman–Crippen LogP) is 4.34. The van der Waals surface area contributed by atoms with E-state index in [0.717, 1.165) is 20.8 Å². The standard InChI is InChI=1S/C16H14FNOS/c1-10-8-13(11(2)20-10)16(19)9-18-7-6-12-14(17)4-3-5-15(12)18/h3-8H,9H2,1-2H3. The van der Waals surface area contributed by atoms with Crippen molar-refractivity contribution in [2.75, 3.05) is 0 Å². The van der Waals surface area contributed by atoms with Gasteiger partial charge in [0.1, 0.15) is 5.82 Å². The van der Waals surface area contributed by atoms with Crippen LogP contribution in [0.15, 0.2) is 36.5 Å². The molecule has 0 fully saturated rings. The van der Waals surface area contributed by atoms with E-state index in [-0.39, 0.29) is 18.1 Å². The van der Waals surface area contributed by atoms with Gasteiger partial charge in [0.25, 0.3) is 0 Å². The number of ketones is 1. The third kappa shape index (κ3) is 2.16. The highest BCUT2D eigenvalue weighted by molar-refractivity contribution is 7.12. The Labute approximate surface area is 120 Å². The molecule has 0 spiro atoms. The molecule has 4 heteroatoms. The van der Waals surface area contributed by atoms with Gasteiger partial charge in [0.2, 0.25) is 0 Å². The van der Waals surface area contributed by atoms with Crippen LogP contribution in [-0.4, -0.2) is 10.4 Å². The van der Waals surface area contributed by atoms with Crippen molar-refractivity contribution in [1.82, 2.24) is 4.57 Å². The van der Waals surface area contributed by atoms with Gasteiger partial charge in [0, 0.05) is 26.9 Å². The maximum Gasteiger partial charge on any atom is 0.183 e. The van der Waals surface area contributed by atoms with E-state index in [4.69, 9.17) is 0 Å². The zero-order chi connectivity index (χ0) is 14.3. The average molecular weight is 287 g/mol. The average Bonchev–Trinajstić information content (AvgIpc) is 2.94. The van der Waals surface area contributed by atoms with E-state index in [1.165, 1.54) is 6.07 Å². The Morgan fingerprint density at radius 2 is 2.10 bits per heavy atom. The van der Waals surface area contributed by atoms with E-state index in [1.807, 2.05) is 26.0 Å². The fourth-order valence-corrected chi connectivity index (χ4v) is 3.41. The quantitative estimate of drug-likeness (QED) is 0.657. The van der Waals surface area contributed by atoms with Gasteiger partial charge in [-0.15, -0.1) is 11.3 Å². The smallest absolute Gasteiger partial charge is 0.183 e. The van der Waals surface area contributed by atoms with Crippen molar-refractivity contribution in [3.63, 3.8) is 0 Å². The van der Waals surface area contributed by atoms with Gasteiger partial charge in [-0.25, -0.2) is 4.39 Å². The molecule has 0 radical (unpaired) electrons. The van der Waals surface area contributed by atoms with Crippen LogP contribution in [0.2, 0.25) is 0 Å². The van der Waals surface area contributed by atoms with Crippen LogP contribution in [-0.2, 0) is 6.54 Å². The molecule has 0 amide bonds. The maximum atomic E-state index is 13.6. The topological polar surface area (TPSA) is 22.0 Å². The lowest BCUT2D eigenvalue weighted by molar-refractivity contribution is 0.0973. The Morgan fingerprint density at radius 3 is 2.80 bits per heavy atom. The molecule has 2 heterocycles. The zero-order valence-electron chi connectivity index (χ0n) is 11.3. The Kier molecular flexibility index (Phi) is 3.18. The molecule has 2 aromatic heterocycles. The molecule has 1 aromatic carbocycles. The lowest BCUT2D eigenvalue weighted by Crippen LogP contribution is -2.09. The Morgan fingerprint density at radius 1 is 1.30 bits per heavy atom. The van der Waals surface area contributed by atoms with Crippen LogP contribution in [0.4, 0.5) is 4.39 Å². The first-order valence-electron chi connectivity index (χ1n) is 6.40.